The molecule has 1 heterocycles. The van der Waals surface area contributed by atoms with Crippen molar-refractivity contribution in [2.75, 3.05) is 0 Å². The molecule has 4 nitrogen and oxygen atoms in total. The maximum Gasteiger partial charge on any atom is 0.419 e. The van der Waals surface area contributed by atoms with Crippen LogP contribution >= 0.6 is 0 Å². The molecule has 1 aliphatic carbocycles. The molecule has 0 spiro atoms. The number of aromatic nitrogens is 2. The Morgan fingerprint density at radius 1 is 1.20 bits per heavy atom. The molecule has 30 heavy (non-hydrogen) atoms. The van der Waals surface area contributed by atoms with Gasteiger partial charge >= 0.3 is 6.18 Å². The molecule has 1 fully saturated rings. The van der Waals surface area contributed by atoms with E-state index in [4.69, 9.17) is 5.14 Å². The zero-order chi connectivity index (χ0) is 22.3. The van der Waals surface area contributed by atoms with Gasteiger partial charge in [-0.2, -0.15) is 18.3 Å². The van der Waals surface area contributed by atoms with Crippen molar-refractivity contribution >= 4 is 11.0 Å². The van der Waals surface area contributed by atoms with E-state index in [-0.39, 0.29) is 5.92 Å². The topological polar surface area (TPSA) is 60.9 Å². The first kappa shape index (κ1) is 23.0. The number of rotatable bonds is 6. The van der Waals surface area contributed by atoms with Crippen molar-refractivity contribution in [3.8, 4) is 5.69 Å². The smallest absolute Gasteiger partial charge is 0.251 e. The fraction of sp³-hybridized carbons (Fsp3) is 0.591. The molecular weight excluding hydrogens is 411 g/mol. The van der Waals surface area contributed by atoms with Crippen LogP contribution in [-0.2, 0) is 17.2 Å². The van der Waals surface area contributed by atoms with Crippen molar-refractivity contribution in [3.63, 3.8) is 0 Å². The summed E-state index contributed by atoms with van der Waals surface area (Å²) in [6, 6.07) is 4.10. The summed E-state index contributed by atoms with van der Waals surface area (Å²) in [7, 11) is -1.44. The van der Waals surface area contributed by atoms with Crippen LogP contribution in [0.3, 0.4) is 0 Å². The fourth-order valence-corrected chi connectivity index (χ4v) is 5.03. The minimum atomic E-state index is -4.42. The van der Waals surface area contributed by atoms with E-state index in [1.807, 2.05) is 27.7 Å². The molecule has 0 aliphatic heterocycles. The molecule has 1 saturated carbocycles. The zero-order valence-electron chi connectivity index (χ0n) is 17.9. The van der Waals surface area contributed by atoms with Crippen LogP contribution in [0.4, 0.5) is 13.2 Å². The molecule has 1 aromatic heterocycles. The third kappa shape index (κ3) is 4.80. The lowest BCUT2D eigenvalue weighted by atomic mass is 9.78. The maximum atomic E-state index is 13.0. The number of halogens is 3. The Hall–Kier alpha value is -1.67. The van der Waals surface area contributed by atoms with Gasteiger partial charge < -0.3 is 0 Å². The minimum absolute atomic E-state index is 0.213. The molecule has 2 aromatic rings. The van der Waals surface area contributed by atoms with Crippen molar-refractivity contribution in [1.82, 2.24) is 9.78 Å². The van der Waals surface area contributed by atoms with Gasteiger partial charge in [-0.1, -0.05) is 25.0 Å². The van der Waals surface area contributed by atoms with Gasteiger partial charge in [0, 0.05) is 6.20 Å². The maximum absolute atomic E-state index is 13.0. The van der Waals surface area contributed by atoms with Crippen LogP contribution in [0.25, 0.3) is 5.69 Å². The van der Waals surface area contributed by atoms with Crippen LogP contribution in [0.15, 0.2) is 24.5 Å². The highest BCUT2D eigenvalue weighted by molar-refractivity contribution is 7.84. The highest BCUT2D eigenvalue weighted by Crippen LogP contribution is 2.43. The number of nitrogens with two attached hydrogens (primary N) is 1. The third-order valence-corrected chi connectivity index (χ3v) is 7.56. The van der Waals surface area contributed by atoms with Crippen molar-refractivity contribution in [1.29, 1.82) is 0 Å². The molecule has 1 aliphatic rings. The summed E-state index contributed by atoms with van der Waals surface area (Å²) in [5, 5.41) is 9.71. The second-order valence-corrected chi connectivity index (χ2v) is 10.8. The summed E-state index contributed by atoms with van der Waals surface area (Å²) >= 11 is 0. The number of benzene rings is 1. The monoisotopic (exact) mass is 441 g/mol. The van der Waals surface area contributed by atoms with Crippen LogP contribution < -0.4 is 5.14 Å². The first-order valence-electron chi connectivity index (χ1n) is 10.3. The Bertz CT molecular complexity index is 907. The van der Waals surface area contributed by atoms with Gasteiger partial charge in [0.2, 0.25) is 0 Å². The van der Waals surface area contributed by atoms with Crippen molar-refractivity contribution < 1.29 is 17.4 Å². The van der Waals surface area contributed by atoms with E-state index in [0.29, 0.717) is 18.0 Å². The third-order valence-electron chi connectivity index (χ3n) is 6.31. The molecule has 0 radical (unpaired) electrons. The van der Waals surface area contributed by atoms with Gasteiger partial charge in [0.15, 0.2) is 0 Å². The van der Waals surface area contributed by atoms with Gasteiger partial charge in [0.05, 0.1) is 33.2 Å². The normalized spacial score (nSPS) is 18.0. The molecule has 166 valence electrons. The molecule has 1 aromatic carbocycles. The first-order chi connectivity index (χ1) is 13.9. The van der Waals surface area contributed by atoms with E-state index in [1.54, 1.807) is 0 Å². The Morgan fingerprint density at radius 3 is 2.23 bits per heavy atom. The summed E-state index contributed by atoms with van der Waals surface area (Å²) in [6.45, 7) is 7.67. The zero-order valence-corrected chi connectivity index (χ0v) is 18.7. The van der Waals surface area contributed by atoms with Gasteiger partial charge in [-0.05, 0) is 75.5 Å². The molecule has 2 atom stereocenters. The summed E-state index contributed by atoms with van der Waals surface area (Å²) in [5.74, 6) is 0.712. The van der Waals surface area contributed by atoms with Gasteiger partial charge in [-0.3, -0.25) is 5.14 Å². The van der Waals surface area contributed by atoms with E-state index < -0.39 is 27.5 Å². The van der Waals surface area contributed by atoms with Crippen LogP contribution in [0.5, 0.6) is 0 Å². The molecule has 3 rings (SSSR count). The lowest BCUT2D eigenvalue weighted by Gasteiger charge is -2.32. The molecule has 0 saturated heterocycles. The highest BCUT2D eigenvalue weighted by Gasteiger charge is 2.35. The highest BCUT2D eigenvalue weighted by atomic mass is 32.2. The van der Waals surface area contributed by atoms with Gasteiger partial charge in [0.1, 0.15) is 0 Å². The predicted octanol–water partition coefficient (Wildman–Crippen LogP) is 5.57. The molecule has 2 unspecified atom stereocenters. The summed E-state index contributed by atoms with van der Waals surface area (Å²) in [4.78, 5) is 0. The van der Waals surface area contributed by atoms with E-state index in [0.717, 1.165) is 41.9 Å². The predicted molar refractivity (Wildman–Crippen MR) is 114 cm³/mol. The SMILES string of the molecule is Cc1cc(C(CC(C)(C)S(N)=O)C2CCCC2)cc(C)c1-n1cc(C(F)(F)F)cn1. The molecular formula is C22H30F3N3OS. The standard InChI is InChI=1S/C22H30F3N3OS/c1-14-9-17(19(16-7-5-6-8-16)11-21(3,4)30(26)29)10-15(2)20(14)28-13-18(12-27-28)22(23,24)25/h9-10,12-13,16,19H,5-8,11,26H2,1-4H3. The number of aryl methyl sites for hydroxylation is 2. The Kier molecular flexibility index (Phi) is 6.49. The van der Waals surface area contributed by atoms with Crippen LogP contribution in [0.1, 0.15) is 74.1 Å². The van der Waals surface area contributed by atoms with E-state index in [9.17, 15) is 17.4 Å². The van der Waals surface area contributed by atoms with Crippen molar-refractivity contribution in [2.45, 2.75) is 76.6 Å². The van der Waals surface area contributed by atoms with Gasteiger partial charge in [0.25, 0.3) is 0 Å². The van der Waals surface area contributed by atoms with Crippen LogP contribution in [0, 0.1) is 19.8 Å². The molecule has 0 bridgehead atoms. The quantitative estimate of drug-likeness (QED) is 0.637. The van der Waals surface area contributed by atoms with Gasteiger partial charge in [-0.15, -0.1) is 0 Å². The average Bonchev–Trinajstić information content (AvgIpc) is 3.30. The van der Waals surface area contributed by atoms with Crippen LogP contribution in [0.2, 0.25) is 0 Å². The number of hydrogen-bond donors (Lipinski definition) is 1. The van der Waals surface area contributed by atoms with E-state index >= 15 is 0 Å². The summed E-state index contributed by atoms with van der Waals surface area (Å²) in [6.07, 6.45) is 2.82. The minimum Gasteiger partial charge on any atom is -0.251 e. The Labute approximate surface area is 178 Å². The Balaban J connectivity index is 2.00. The van der Waals surface area contributed by atoms with E-state index in [2.05, 4.69) is 17.2 Å². The molecule has 8 heteroatoms. The summed E-state index contributed by atoms with van der Waals surface area (Å²) in [5.41, 5.74) is 2.79. The largest absolute Gasteiger partial charge is 0.419 e. The summed E-state index contributed by atoms with van der Waals surface area (Å²) < 4.78 is 51.9. The van der Waals surface area contributed by atoms with E-state index in [1.165, 1.54) is 17.5 Å². The lowest BCUT2D eigenvalue weighted by molar-refractivity contribution is -0.137. The molecule has 0 amide bonds. The first-order valence-corrected chi connectivity index (χ1v) is 11.5. The number of hydrogen-bond acceptors (Lipinski definition) is 2. The lowest BCUT2D eigenvalue weighted by Crippen LogP contribution is -2.35. The van der Waals surface area contributed by atoms with Gasteiger partial charge in [-0.25, -0.2) is 8.89 Å². The Morgan fingerprint density at radius 2 is 1.77 bits per heavy atom. The molecule has 2 N–H and O–H groups in total. The van der Waals surface area contributed by atoms with Crippen molar-refractivity contribution in [3.05, 3.63) is 46.8 Å². The van der Waals surface area contributed by atoms with Crippen molar-refractivity contribution in [2.24, 2.45) is 11.1 Å². The fourth-order valence-electron chi connectivity index (χ4n) is 4.68. The van der Waals surface area contributed by atoms with Crippen LogP contribution in [-0.4, -0.2) is 18.7 Å². The second kappa shape index (κ2) is 8.46. The second-order valence-electron chi connectivity index (χ2n) is 9.09. The number of nitrogens with zero attached hydrogens (tertiary/aromatic N) is 2. The average molecular weight is 442 g/mol. The number of alkyl halides is 3.